The summed E-state index contributed by atoms with van der Waals surface area (Å²) in [7, 11) is 0. The van der Waals surface area contributed by atoms with Crippen molar-refractivity contribution in [2.45, 2.75) is 58.2 Å². The minimum Gasteiger partial charge on any atom is -0.351 e. The minimum absolute atomic E-state index is 0.0305. The van der Waals surface area contributed by atoms with Crippen molar-refractivity contribution in [1.29, 1.82) is 0 Å². The normalized spacial score (nSPS) is 20.3. The molecule has 0 aromatic carbocycles. The summed E-state index contributed by atoms with van der Waals surface area (Å²) in [5.41, 5.74) is 3.18. The van der Waals surface area contributed by atoms with Crippen LogP contribution in [0.25, 0.3) is 0 Å². The van der Waals surface area contributed by atoms with E-state index in [0.29, 0.717) is 19.3 Å². The highest BCUT2D eigenvalue weighted by molar-refractivity contribution is 7.08. The Hall–Kier alpha value is -2.15. The average Bonchev–Trinajstić information content (AvgIpc) is 3.19. The van der Waals surface area contributed by atoms with Gasteiger partial charge in [-0.05, 0) is 55.1 Å². The average molecular weight is 360 g/mol. The summed E-state index contributed by atoms with van der Waals surface area (Å²) in [6.07, 6.45) is 2.34. The fourth-order valence-electron chi connectivity index (χ4n) is 3.29. The number of hydrogen-bond donors (Lipinski definition) is 2. The Morgan fingerprint density at radius 1 is 1.48 bits per heavy atom. The molecule has 2 aromatic heterocycles. The Bertz CT molecular complexity index is 738. The molecular weight excluding hydrogens is 336 g/mol. The van der Waals surface area contributed by atoms with E-state index in [1.54, 1.807) is 11.3 Å². The van der Waals surface area contributed by atoms with Crippen molar-refractivity contribution < 1.29 is 9.59 Å². The summed E-state index contributed by atoms with van der Waals surface area (Å²) in [4.78, 5) is 24.1. The summed E-state index contributed by atoms with van der Waals surface area (Å²) in [6, 6.07) is 3.86. The van der Waals surface area contributed by atoms with E-state index < -0.39 is 0 Å². The molecule has 2 amide bonds. The van der Waals surface area contributed by atoms with Gasteiger partial charge >= 0.3 is 0 Å². The van der Waals surface area contributed by atoms with Gasteiger partial charge in [-0.15, -0.1) is 0 Å². The summed E-state index contributed by atoms with van der Waals surface area (Å²) in [5, 5.41) is 14.5. The van der Waals surface area contributed by atoms with Crippen LogP contribution in [0.1, 0.15) is 48.7 Å². The lowest BCUT2D eigenvalue weighted by atomic mass is 9.93. The van der Waals surface area contributed by atoms with Crippen molar-refractivity contribution in [2.24, 2.45) is 0 Å². The van der Waals surface area contributed by atoms with Crippen LogP contribution < -0.4 is 10.6 Å². The number of piperidine rings is 1. The standard InChI is InChI=1S/C18H24N4O2S/c1-12-10-13(2)22(21-12)8-3-4-16(23)19-15-5-6-17(24)20-18(15)14-7-9-25-11-14/h7,9-11,15,18H,3-6,8H2,1-2H3,(H,19,23)(H,20,24)/t15-,18+/m1/s1. The first-order chi connectivity index (χ1) is 12.0. The third-order valence-corrected chi connectivity index (χ3v) is 5.23. The van der Waals surface area contributed by atoms with Crippen LogP contribution in [0, 0.1) is 13.8 Å². The molecule has 0 unspecified atom stereocenters. The summed E-state index contributed by atoms with van der Waals surface area (Å²) >= 11 is 1.60. The lowest BCUT2D eigenvalue weighted by Gasteiger charge is -2.32. The zero-order valence-corrected chi connectivity index (χ0v) is 15.4. The summed E-state index contributed by atoms with van der Waals surface area (Å²) < 4.78 is 1.94. The first-order valence-corrected chi connectivity index (χ1v) is 9.59. The molecule has 7 heteroatoms. The van der Waals surface area contributed by atoms with Crippen molar-refractivity contribution in [3.8, 4) is 0 Å². The number of aromatic nitrogens is 2. The van der Waals surface area contributed by atoms with Crippen LogP contribution >= 0.6 is 11.3 Å². The molecule has 1 aliphatic heterocycles. The molecule has 134 valence electrons. The predicted molar refractivity (Wildman–Crippen MR) is 97.3 cm³/mol. The number of amides is 2. The molecule has 0 aliphatic carbocycles. The first-order valence-electron chi connectivity index (χ1n) is 8.65. The number of hydrogen-bond acceptors (Lipinski definition) is 4. The maximum Gasteiger partial charge on any atom is 0.220 e. The highest BCUT2D eigenvalue weighted by Crippen LogP contribution is 2.26. The highest BCUT2D eigenvalue weighted by Gasteiger charge is 2.31. The number of nitrogens with one attached hydrogen (secondary N) is 2. The molecule has 1 aliphatic rings. The van der Waals surface area contributed by atoms with E-state index in [0.717, 1.165) is 29.9 Å². The zero-order chi connectivity index (χ0) is 17.8. The first kappa shape index (κ1) is 17.7. The Morgan fingerprint density at radius 2 is 2.32 bits per heavy atom. The second kappa shape index (κ2) is 7.82. The van der Waals surface area contributed by atoms with E-state index in [-0.39, 0.29) is 23.9 Å². The highest BCUT2D eigenvalue weighted by atomic mass is 32.1. The quantitative estimate of drug-likeness (QED) is 0.831. The maximum absolute atomic E-state index is 12.3. The summed E-state index contributed by atoms with van der Waals surface area (Å²) in [6.45, 7) is 4.73. The van der Waals surface area contributed by atoms with Crippen LogP contribution in [0.2, 0.25) is 0 Å². The smallest absolute Gasteiger partial charge is 0.220 e. The third kappa shape index (κ3) is 4.48. The predicted octanol–water partition coefficient (Wildman–Crippen LogP) is 2.48. The van der Waals surface area contributed by atoms with Gasteiger partial charge in [-0.25, -0.2) is 0 Å². The number of nitrogens with zero attached hydrogens (tertiary/aromatic N) is 2. The molecule has 0 spiro atoms. The lowest BCUT2D eigenvalue weighted by molar-refractivity contribution is -0.127. The third-order valence-electron chi connectivity index (χ3n) is 4.53. The Morgan fingerprint density at radius 3 is 3.00 bits per heavy atom. The molecule has 6 nitrogen and oxygen atoms in total. The maximum atomic E-state index is 12.3. The number of carbonyl (C=O) groups is 2. The van der Waals surface area contributed by atoms with Crippen LogP contribution in [0.3, 0.4) is 0 Å². The van der Waals surface area contributed by atoms with Crippen LogP contribution in [-0.4, -0.2) is 27.6 Å². The van der Waals surface area contributed by atoms with Crippen LogP contribution in [0.4, 0.5) is 0 Å². The van der Waals surface area contributed by atoms with Crippen molar-refractivity contribution in [1.82, 2.24) is 20.4 Å². The molecule has 0 bridgehead atoms. The zero-order valence-electron chi connectivity index (χ0n) is 14.6. The van der Waals surface area contributed by atoms with E-state index in [9.17, 15) is 9.59 Å². The molecule has 0 radical (unpaired) electrons. The van der Waals surface area contributed by atoms with Crippen LogP contribution in [0.15, 0.2) is 22.9 Å². The number of aryl methyl sites for hydroxylation is 3. The van der Waals surface area contributed by atoms with Crippen LogP contribution in [0.5, 0.6) is 0 Å². The van der Waals surface area contributed by atoms with Gasteiger partial charge in [0.2, 0.25) is 11.8 Å². The fraction of sp³-hybridized carbons (Fsp3) is 0.500. The fourth-order valence-corrected chi connectivity index (χ4v) is 3.99. The van der Waals surface area contributed by atoms with Gasteiger partial charge in [0.05, 0.1) is 17.8 Å². The largest absolute Gasteiger partial charge is 0.351 e. The van der Waals surface area contributed by atoms with E-state index in [2.05, 4.69) is 15.7 Å². The second-order valence-electron chi connectivity index (χ2n) is 6.57. The van der Waals surface area contributed by atoms with E-state index >= 15 is 0 Å². The molecule has 0 saturated carbocycles. The van der Waals surface area contributed by atoms with Crippen molar-refractivity contribution >= 4 is 23.2 Å². The number of carbonyl (C=O) groups excluding carboxylic acids is 2. The van der Waals surface area contributed by atoms with Crippen molar-refractivity contribution in [3.63, 3.8) is 0 Å². The second-order valence-corrected chi connectivity index (χ2v) is 7.35. The molecule has 2 aromatic rings. The molecule has 3 heterocycles. The Balaban J connectivity index is 1.52. The molecule has 1 fully saturated rings. The SMILES string of the molecule is Cc1cc(C)n(CCCC(=O)N[C@@H]2CCC(=O)N[C@H]2c2ccsc2)n1. The monoisotopic (exact) mass is 360 g/mol. The van der Waals surface area contributed by atoms with Gasteiger partial charge in [0.15, 0.2) is 0 Å². The molecular formula is C18H24N4O2S. The van der Waals surface area contributed by atoms with Gasteiger partial charge in [0.25, 0.3) is 0 Å². The molecule has 2 atom stereocenters. The summed E-state index contributed by atoms with van der Waals surface area (Å²) in [5.74, 6) is 0.0779. The van der Waals surface area contributed by atoms with Gasteiger partial charge < -0.3 is 10.6 Å². The van der Waals surface area contributed by atoms with Crippen molar-refractivity contribution in [3.05, 3.63) is 39.8 Å². The van der Waals surface area contributed by atoms with Gasteiger partial charge in [0.1, 0.15) is 0 Å². The Labute approximate surface area is 151 Å². The van der Waals surface area contributed by atoms with Crippen LogP contribution in [-0.2, 0) is 16.1 Å². The lowest BCUT2D eigenvalue weighted by Crippen LogP contribution is -2.50. The van der Waals surface area contributed by atoms with Gasteiger partial charge in [-0.3, -0.25) is 14.3 Å². The van der Waals surface area contributed by atoms with Crippen molar-refractivity contribution in [2.75, 3.05) is 0 Å². The van der Waals surface area contributed by atoms with Gasteiger partial charge in [-0.1, -0.05) is 0 Å². The molecule has 2 N–H and O–H groups in total. The number of thiophene rings is 1. The van der Waals surface area contributed by atoms with Gasteiger partial charge in [-0.2, -0.15) is 16.4 Å². The van der Waals surface area contributed by atoms with E-state index in [1.807, 2.05) is 41.4 Å². The van der Waals surface area contributed by atoms with Gasteiger partial charge in [0, 0.05) is 25.1 Å². The molecule has 1 saturated heterocycles. The molecule has 3 rings (SSSR count). The Kier molecular flexibility index (Phi) is 5.53. The minimum atomic E-state index is -0.132. The topological polar surface area (TPSA) is 76.0 Å². The van der Waals surface area contributed by atoms with E-state index in [4.69, 9.17) is 0 Å². The molecule has 25 heavy (non-hydrogen) atoms. The van der Waals surface area contributed by atoms with E-state index in [1.165, 1.54) is 0 Å². The number of rotatable bonds is 6.